The minimum Gasteiger partial charge on any atom is -0.489 e. The molecule has 24 heavy (non-hydrogen) atoms. The Morgan fingerprint density at radius 3 is 2.75 bits per heavy atom. The number of piperazine rings is 1. The van der Waals surface area contributed by atoms with Crippen molar-refractivity contribution in [3.63, 3.8) is 0 Å². The Labute approximate surface area is 147 Å². The highest BCUT2D eigenvalue weighted by atomic mass is 35.5. The molecule has 8 heteroatoms. The summed E-state index contributed by atoms with van der Waals surface area (Å²) in [6, 6.07) is 2.31. The van der Waals surface area contributed by atoms with Crippen molar-refractivity contribution in [1.82, 2.24) is 9.62 Å². The molecular weight excluding hydrogens is 352 g/mol. The Bertz CT molecular complexity index is 779. The number of fused-ring (bicyclic) bond motifs is 1. The van der Waals surface area contributed by atoms with Gasteiger partial charge in [-0.3, -0.25) is 4.79 Å². The fraction of sp³-hybridized carbons (Fsp3) is 0.562. The summed E-state index contributed by atoms with van der Waals surface area (Å²) in [4.78, 5) is 12.3. The van der Waals surface area contributed by atoms with Crippen LogP contribution in [0.4, 0.5) is 0 Å². The summed E-state index contributed by atoms with van der Waals surface area (Å²) < 4.78 is 33.2. The number of halogens is 1. The van der Waals surface area contributed by atoms with Gasteiger partial charge in [0, 0.05) is 25.1 Å². The first kappa shape index (κ1) is 17.5. The highest BCUT2D eigenvalue weighted by Gasteiger charge is 2.40. The average Bonchev–Trinajstić information content (AvgIpc) is 2.87. The molecule has 2 unspecified atom stereocenters. The van der Waals surface area contributed by atoms with Crippen molar-refractivity contribution < 1.29 is 17.9 Å². The highest BCUT2D eigenvalue weighted by molar-refractivity contribution is 7.89. The first-order valence-electron chi connectivity index (χ1n) is 8.00. The number of ether oxygens (including phenoxy) is 1. The SMILES string of the molecule is CC1Cc2cc(S(=O)(=O)N3CCNC(=O)C3C(C)C)cc(Cl)c2O1. The molecule has 1 amide bonds. The van der Waals surface area contributed by atoms with Crippen LogP contribution >= 0.6 is 11.6 Å². The maximum absolute atomic E-state index is 13.1. The van der Waals surface area contributed by atoms with Crippen LogP contribution in [0.25, 0.3) is 0 Å². The van der Waals surface area contributed by atoms with Crippen molar-refractivity contribution in [1.29, 1.82) is 0 Å². The van der Waals surface area contributed by atoms with Crippen molar-refractivity contribution >= 4 is 27.5 Å². The van der Waals surface area contributed by atoms with Crippen LogP contribution in [0.5, 0.6) is 5.75 Å². The Morgan fingerprint density at radius 1 is 1.38 bits per heavy atom. The van der Waals surface area contributed by atoms with E-state index in [1.807, 2.05) is 20.8 Å². The summed E-state index contributed by atoms with van der Waals surface area (Å²) in [5.41, 5.74) is 0.788. The fourth-order valence-electron chi connectivity index (χ4n) is 3.31. The molecule has 6 nitrogen and oxygen atoms in total. The molecule has 1 fully saturated rings. The van der Waals surface area contributed by atoms with Crippen molar-refractivity contribution in [2.45, 2.75) is 44.2 Å². The van der Waals surface area contributed by atoms with Crippen LogP contribution in [0.3, 0.4) is 0 Å². The van der Waals surface area contributed by atoms with E-state index in [0.29, 0.717) is 18.7 Å². The molecule has 3 rings (SSSR count). The molecule has 0 aromatic heterocycles. The Balaban J connectivity index is 2.03. The number of hydrogen-bond donors (Lipinski definition) is 1. The monoisotopic (exact) mass is 372 g/mol. The van der Waals surface area contributed by atoms with Crippen molar-refractivity contribution in [3.8, 4) is 5.75 Å². The Morgan fingerprint density at radius 2 is 2.08 bits per heavy atom. The van der Waals surface area contributed by atoms with Crippen molar-refractivity contribution in [3.05, 3.63) is 22.7 Å². The Hall–Kier alpha value is -1.31. The van der Waals surface area contributed by atoms with Crippen LogP contribution < -0.4 is 10.1 Å². The maximum atomic E-state index is 13.1. The average molecular weight is 373 g/mol. The van der Waals surface area contributed by atoms with Crippen molar-refractivity contribution in [2.75, 3.05) is 13.1 Å². The molecule has 0 radical (unpaired) electrons. The second-order valence-electron chi connectivity index (χ2n) is 6.62. The lowest BCUT2D eigenvalue weighted by Crippen LogP contribution is -2.59. The lowest BCUT2D eigenvalue weighted by Gasteiger charge is -2.36. The van der Waals surface area contributed by atoms with Crippen LogP contribution in [0.1, 0.15) is 26.3 Å². The topological polar surface area (TPSA) is 75.7 Å². The van der Waals surface area contributed by atoms with Gasteiger partial charge in [-0.2, -0.15) is 4.31 Å². The zero-order valence-corrected chi connectivity index (χ0v) is 15.4. The molecular formula is C16H21ClN2O4S. The zero-order chi connectivity index (χ0) is 17.6. The number of hydrogen-bond acceptors (Lipinski definition) is 4. The van der Waals surface area contributed by atoms with E-state index in [9.17, 15) is 13.2 Å². The van der Waals surface area contributed by atoms with Crippen LogP contribution in [0, 0.1) is 5.92 Å². The van der Waals surface area contributed by atoms with Gasteiger partial charge in [-0.25, -0.2) is 8.42 Å². The number of nitrogens with zero attached hydrogens (tertiary/aromatic N) is 1. The molecule has 2 atom stereocenters. The molecule has 2 aliphatic rings. The molecule has 1 N–H and O–H groups in total. The van der Waals surface area contributed by atoms with Gasteiger partial charge < -0.3 is 10.1 Å². The van der Waals surface area contributed by atoms with Gasteiger partial charge in [0.2, 0.25) is 15.9 Å². The van der Waals surface area contributed by atoms with Gasteiger partial charge in [0.1, 0.15) is 17.9 Å². The smallest absolute Gasteiger partial charge is 0.243 e. The number of amides is 1. The molecule has 0 bridgehead atoms. The van der Waals surface area contributed by atoms with E-state index in [1.165, 1.54) is 10.4 Å². The number of carbonyl (C=O) groups excluding carboxylic acids is 1. The lowest BCUT2D eigenvalue weighted by molar-refractivity contribution is -0.128. The molecule has 0 aliphatic carbocycles. The predicted molar refractivity (Wildman–Crippen MR) is 90.8 cm³/mol. The summed E-state index contributed by atoms with van der Waals surface area (Å²) >= 11 is 6.23. The van der Waals surface area contributed by atoms with Gasteiger partial charge in [-0.15, -0.1) is 0 Å². The molecule has 2 heterocycles. The third-order valence-corrected chi connectivity index (χ3v) is 6.51. The number of sulfonamides is 1. The number of nitrogens with one attached hydrogen (secondary N) is 1. The van der Waals surface area contributed by atoms with Gasteiger partial charge in [-0.05, 0) is 25.0 Å². The van der Waals surface area contributed by atoms with Gasteiger partial charge >= 0.3 is 0 Å². The summed E-state index contributed by atoms with van der Waals surface area (Å²) in [7, 11) is -3.82. The van der Waals surface area contributed by atoms with E-state index in [4.69, 9.17) is 16.3 Å². The predicted octanol–water partition coefficient (Wildman–Crippen LogP) is 1.81. The first-order chi connectivity index (χ1) is 11.2. The second kappa shape index (κ2) is 6.20. The normalized spacial score (nSPS) is 24.6. The summed E-state index contributed by atoms with van der Waals surface area (Å²) in [6.45, 7) is 6.14. The van der Waals surface area contributed by atoms with E-state index in [2.05, 4.69) is 5.32 Å². The largest absolute Gasteiger partial charge is 0.489 e. The minimum absolute atomic E-state index is 0.0281. The van der Waals surface area contributed by atoms with E-state index >= 15 is 0 Å². The maximum Gasteiger partial charge on any atom is 0.243 e. The second-order valence-corrected chi connectivity index (χ2v) is 8.92. The van der Waals surface area contributed by atoms with Gasteiger partial charge in [0.05, 0.1) is 9.92 Å². The van der Waals surface area contributed by atoms with Crippen LogP contribution in [-0.2, 0) is 21.2 Å². The molecule has 1 saturated heterocycles. The number of rotatable bonds is 3. The summed E-state index contributed by atoms with van der Waals surface area (Å²) in [5.74, 6) is 0.164. The number of benzene rings is 1. The van der Waals surface area contributed by atoms with E-state index in [1.54, 1.807) is 6.07 Å². The van der Waals surface area contributed by atoms with Crippen LogP contribution in [-0.4, -0.2) is 43.9 Å². The molecule has 132 valence electrons. The first-order valence-corrected chi connectivity index (χ1v) is 9.82. The van der Waals surface area contributed by atoms with Gasteiger partial charge in [-0.1, -0.05) is 25.4 Å². The summed E-state index contributed by atoms with van der Waals surface area (Å²) in [5, 5.41) is 3.02. The molecule has 0 saturated carbocycles. The van der Waals surface area contributed by atoms with Gasteiger partial charge in [0.15, 0.2) is 0 Å². The van der Waals surface area contributed by atoms with E-state index in [-0.39, 0.29) is 34.4 Å². The van der Waals surface area contributed by atoms with E-state index < -0.39 is 16.1 Å². The fourth-order valence-corrected chi connectivity index (χ4v) is 5.46. The molecule has 1 aromatic carbocycles. The lowest BCUT2D eigenvalue weighted by atomic mass is 10.0. The Kier molecular flexibility index (Phi) is 4.53. The zero-order valence-electron chi connectivity index (χ0n) is 13.9. The van der Waals surface area contributed by atoms with Crippen molar-refractivity contribution in [2.24, 2.45) is 5.92 Å². The van der Waals surface area contributed by atoms with Crippen LogP contribution in [0.2, 0.25) is 5.02 Å². The third kappa shape index (κ3) is 2.89. The molecule has 2 aliphatic heterocycles. The van der Waals surface area contributed by atoms with E-state index in [0.717, 1.165) is 5.56 Å². The highest BCUT2D eigenvalue weighted by Crippen LogP contribution is 2.39. The minimum atomic E-state index is -3.82. The van der Waals surface area contributed by atoms with Crippen LogP contribution in [0.15, 0.2) is 17.0 Å². The number of carbonyl (C=O) groups is 1. The van der Waals surface area contributed by atoms with Gasteiger partial charge in [0.25, 0.3) is 0 Å². The molecule has 0 spiro atoms. The standard InChI is InChI=1S/C16H21ClN2O4S/c1-9(2)14-16(20)18-4-5-19(14)24(21,22)12-7-11-6-10(3)23-15(11)13(17)8-12/h7-10,14H,4-6H2,1-3H3,(H,18,20). The summed E-state index contributed by atoms with van der Waals surface area (Å²) in [6.07, 6.45) is 0.589. The third-order valence-electron chi connectivity index (χ3n) is 4.37. The quantitative estimate of drug-likeness (QED) is 0.877. The molecule has 1 aromatic rings.